The maximum Gasteiger partial charge on any atom is 0.277 e. The number of benzene rings is 2. The van der Waals surface area contributed by atoms with Gasteiger partial charge in [0.1, 0.15) is 5.52 Å². The first-order chi connectivity index (χ1) is 13.4. The highest BCUT2D eigenvalue weighted by molar-refractivity contribution is 6.36. The zero-order valence-corrected chi connectivity index (χ0v) is 16.4. The van der Waals surface area contributed by atoms with Crippen molar-refractivity contribution in [3.63, 3.8) is 0 Å². The number of halogens is 3. The maximum absolute atomic E-state index is 15.2. The molecule has 0 radical (unpaired) electrons. The molecule has 9 heteroatoms. The van der Waals surface area contributed by atoms with E-state index < -0.39 is 11.7 Å². The first-order valence-electron chi connectivity index (χ1n) is 8.71. The second-order valence-electron chi connectivity index (χ2n) is 6.77. The summed E-state index contributed by atoms with van der Waals surface area (Å²) in [5, 5.41) is 3.64. The molecular weight excluding hydrogens is 406 g/mol. The number of nitrogens with zero attached hydrogens (tertiary/aromatic N) is 2. The zero-order valence-electron chi connectivity index (χ0n) is 14.9. The fraction of sp³-hybridized carbons (Fsp3) is 0.263. The van der Waals surface area contributed by atoms with E-state index in [-0.39, 0.29) is 16.8 Å². The quantitative estimate of drug-likeness (QED) is 0.557. The number of amides is 1. The van der Waals surface area contributed by atoms with Gasteiger partial charge in [0.05, 0.1) is 40.4 Å². The van der Waals surface area contributed by atoms with Gasteiger partial charge in [-0.15, -0.1) is 0 Å². The van der Waals surface area contributed by atoms with Crippen LogP contribution in [0.2, 0.25) is 10.0 Å². The van der Waals surface area contributed by atoms with Crippen LogP contribution in [0.25, 0.3) is 11.0 Å². The Morgan fingerprint density at radius 3 is 2.86 bits per heavy atom. The molecule has 146 valence electrons. The largest absolute Gasteiger partial charge is 0.351 e. The smallest absolute Gasteiger partial charge is 0.277 e. The Morgan fingerprint density at radius 1 is 1.36 bits per heavy atom. The lowest BCUT2D eigenvalue weighted by Gasteiger charge is -2.15. The number of carbonyl (C=O) groups is 1. The van der Waals surface area contributed by atoms with Gasteiger partial charge in [0.15, 0.2) is 5.82 Å². The van der Waals surface area contributed by atoms with E-state index in [1.807, 2.05) is 0 Å². The van der Waals surface area contributed by atoms with E-state index in [1.165, 1.54) is 12.4 Å². The average Bonchev–Trinajstić information content (AvgIpc) is 3.40. The third-order valence-corrected chi connectivity index (χ3v) is 5.12. The van der Waals surface area contributed by atoms with E-state index in [2.05, 4.69) is 15.8 Å². The number of nitrogens with one attached hydrogen (secondary N) is 2. The molecule has 1 aliphatic rings. The molecule has 2 N–H and O–H groups in total. The number of carbonyl (C=O) groups excluding carboxylic acids is 1. The molecule has 6 nitrogen and oxygen atoms in total. The monoisotopic (exact) mass is 422 g/mol. The highest BCUT2D eigenvalue weighted by Gasteiger charge is 2.24. The van der Waals surface area contributed by atoms with Crippen molar-refractivity contribution in [1.82, 2.24) is 15.0 Å². The number of hydroxylamine groups is 1. The lowest BCUT2D eigenvalue weighted by Crippen LogP contribution is -2.26. The van der Waals surface area contributed by atoms with Crippen LogP contribution in [-0.4, -0.2) is 22.1 Å². The SMILES string of the molecule is Cn1cnc2c(F)c(Nc3ccc(Cl)cc3Cl)c(C(=O)NOCC3CC3)cc21. The summed E-state index contributed by atoms with van der Waals surface area (Å²) >= 11 is 12.1. The Morgan fingerprint density at radius 2 is 2.14 bits per heavy atom. The minimum absolute atomic E-state index is 0.0389. The highest BCUT2D eigenvalue weighted by atomic mass is 35.5. The molecule has 1 fully saturated rings. The normalized spacial score (nSPS) is 13.7. The third-order valence-electron chi connectivity index (χ3n) is 4.58. The maximum atomic E-state index is 15.2. The van der Waals surface area contributed by atoms with Crippen LogP contribution in [0.1, 0.15) is 23.2 Å². The molecule has 4 rings (SSSR count). The van der Waals surface area contributed by atoms with Gasteiger partial charge < -0.3 is 9.88 Å². The number of fused-ring (bicyclic) bond motifs is 1. The fourth-order valence-electron chi connectivity index (χ4n) is 2.82. The molecule has 0 atom stereocenters. The molecule has 1 aliphatic carbocycles. The van der Waals surface area contributed by atoms with Crippen molar-refractivity contribution in [2.45, 2.75) is 12.8 Å². The van der Waals surface area contributed by atoms with Gasteiger partial charge >= 0.3 is 0 Å². The van der Waals surface area contributed by atoms with Crippen LogP contribution in [0, 0.1) is 11.7 Å². The molecule has 0 spiro atoms. The molecule has 1 saturated carbocycles. The van der Waals surface area contributed by atoms with Gasteiger partial charge in [-0.1, -0.05) is 23.2 Å². The first kappa shape index (κ1) is 19.0. The summed E-state index contributed by atoms with van der Waals surface area (Å²) < 4.78 is 16.9. The van der Waals surface area contributed by atoms with Gasteiger partial charge in [-0.3, -0.25) is 9.63 Å². The topological polar surface area (TPSA) is 68.2 Å². The Balaban J connectivity index is 1.73. The van der Waals surface area contributed by atoms with Gasteiger partial charge in [-0.2, -0.15) is 0 Å². The molecule has 2 aromatic carbocycles. The second-order valence-corrected chi connectivity index (χ2v) is 7.61. The number of anilines is 2. The number of aromatic nitrogens is 2. The molecule has 1 aromatic heterocycles. The number of aryl methyl sites for hydroxylation is 1. The van der Waals surface area contributed by atoms with Gasteiger partial charge in [-0.25, -0.2) is 14.9 Å². The summed E-state index contributed by atoms with van der Waals surface area (Å²) in [6.07, 6.45) is 3.67. The molecule has 0 saturated heterocycles. The van der Waals surface area contributed by atoms with E-state index in [4.69, 9.17) is 28.0 Å². The summed E-state index contributed by atoms with van der Waals surface area (Å²) in [7, 11) is 1.73. The first-order valence-corrected chi connectivity index (χ1v) is 9.47. The molecule has 3 aromatic rings. The van der Waals surface area contributed by atoms with Crippen LogP contribution in [0.4, 0.5) is 15.8 Å². The van der Waals surface area contributed by atoms with Crippen molar-refractivity contribution < 1.29 is 14.0 Å². The minimum atomic E-state index is -0.656. The van der Waals surface area contributed by atoms with Gasteiger partial charge in [0.25, 0.3) is 5.91 Å². The van der Waals surface area contributed by atoms with Gasteiger partial charge in [0, 0.05) is 12.1 Å². The predicted molar refractivity (Wildman–Crippen MR) is 107 cm³/mol. The second kappa shape index (κ2) is 7.58. The number of hydrogen-bond acceptors (Lipinski definition) is 4. The standard InChI is InChI=1S/C19H17Cl2FN4O2/c1-26-9-23-18-15(26)7-12(19(27)25-28-8-10-2-3-10)17(16(18)22)24-14-5-4-11(20)6-13(14)21/h4-7,9-10,24H,2-3,8H2,1H3,(H,25,27). The fourth-order valence-corrected chi connectivity index (χ4v) is 3.27. The van der Waals surface area contributed by atoms with E-state index in [0.29, 0.717) is 33.8 Å². The van der Waals surface area contributed by atoms with Crippen molar-refractivity contribution in [2.75, 3.05) is 11.9 Å². The van der Waals surface area contributed by atoms with E-state index in [0.717, 1.165) is 12.8 Å². The Bertz CT molecular complexity index is 1070. The molecule has 1 amide bonds. The minimum Gasteiger partial charge on any atom is -0.351 e. The Labute approximate surface area is 170 Å². The lowest BCUT2D eigenvalue weighted by atomic mass is 10.1. The lowest BCUT2D eigenvalue weighted by molar-refractivity contribution is 0.0271. The number of rotatable bonds is 6. The molecule has 0 bridgehead atoms. The van der Waals surface area contributed by atoms with Crippen molar-refractivity contribution >= 4 is 51.5 Å². The Hall–Kier alpha value is -2.35. The van der Waals surface area contributed by atoms with Crippen molar-refractivity contribution in [2.24, 2.45) is 13.0 Å². The van der Waals surface area contributed by atoms with Gasteiger partial charge in [0.2, 0.25) is 0 Å². The molecule has 0 unspecified atom stereocenters. The summed E-state index contributed by atoms with van der Waals surface area (Å²) in [6.45, 7) is 0.438. The van der Waals surface area contributed by atoms with E-state index >= 15 is 4.39 Å². The van der Waals surface area contributed by atoms with Crippen LogP contribution >= 0.6 is 23.2 Å². The predicted octanol–water partition coefficient (Wildman–Crippen LogP) is 4.83. The van der Waals surface area contributed by atoms with Crippen LogP contribution < -0.4 is 10.8 Å². The molecule has 0 aliphatic heterocycles. The molecular formula is C19H17Cl2FN4O2. The van der Waals surface area contributed by atoms with Crippen molar-refractivity contribution in [1.29, 1.82) is 0 Å². The van der Waals surface area contributed by atoms with Crippen LogP contribution in [0.3, 0.4) is 0 Å². The number of imidazole rings is 1. The van der Waals surface area contributed by atoms with Crippen molar-refractivity contribution in [3.8, 4) is 0 Å². The van der Waals surface area contributed by atoms with Crippen LogP contribution in [0.5, 0.6) is 0 Å². The summed E-state index contributed by atoms with van der Waals surface area (Å²) in [4.78, 5) is 22.0. The van der Waals surface area contributed by atoms with E-state index in [9.17, 15) is 4.79 Å². The molecule has 1 heterocycles. The molecule has 28 heavy (non-hydrogen) atoms. The number of hydrogen-bond donors (Lipinski definition) is 2. The van der Waals surface area contributed by atoms with Crippen molar-refractivity contribution in [3.05, 3.63) is 52.0 Å². The summed E-state index contributed by atoms with van der Waals surface area (Å²) in [5.74, 6) is -0.742. The highest BCUT2D eigenvalue weighted by Crippen LogP contribution is 2.34. The Kier molecular flexibility index (Phi) is 5.14. The van der Waals surface area contributed by atoms with Gasteiger partial charge in [-0.05, 0) is 43.0 Å². The van der Waals surface area contributed by atoms with Crippen LogP contribution in [0.15, 0.2) is 30.6 Å². The summed E-state index contributed by atoms with van der Waals surface area (Å²) in [6, 6.07) is 6.32. The van der Waals surface area contributed by atoms with Crippen LogP contribution in [-0.2, 0) is 11.9 Å². The summed E-state index contributed by atoms with van der Waals surface area (Å²) in [5.41, 5.74) is 3.47. The average molecular weight is 423 g/mol. The van der Waals surface area contributed by atoms with E-state index in [1.54, 1.807) is 29.8 Å². The third kappa shape index (κ3) is 3.78. The zero-order chi connectivity index (χ0) is 19.8.